The minimum absolute atomic E-state index is 0.0479. The van der Waals surface area contributed by atoms with Crippen molar-refractivity contribution in [1.29, 1.82) is 0 Å². The van der Waals surface area contributed by atoms with Crippen molar-refractivity contribution < 1.29 is 8.83 Å². The molecule has 110 valence electrons. The Hall–Kier alpha value is -2.04. The summed E-state index contributed by atoms with van der Waals surface area (Å²) in [6.45, 7) is 3.26. The van der Waals surface area contributed by atoms with Crippen molar-refractivity contribution in [2.45, 2.75) is 19.5 Å². The lowest BCUT2D eigenvalue weighted by molar-refractivity contribution is 0.214. The number of hydrogen-bond acceptors (Lipinski definition) is 4. The van der Waals surface area contributed by atoms with Gasteiger partial charge in [0.05, 0.1) is 12.3 Å². The van der Waals surface area contributed by atoms with E-state index in [2.05, 4.69) is 24.1 Å². The fourth-order valence-electron chi connectivity index (χ4n) is 2.63. The first kappa shape index (κ1) is 13.9. The molecule has 1 aromatic carbocycles. The highest BCUT2D eigenvalue weighted by Crippen LogP contribution is 2.27. The zero-order valence-corrected chi connectivity index (χ0v) is 12.4. The van der Waals surface area contributed by atoms with E-state index in [0.29, 0.717) is 6.54 Å². The van der Waals surface area contributed by atoms with Crippen LogP contribution in [0.3, 0.4) is 0 Å². The Kier molecular flexibility index (Phi) is 3.82. The average Bonchev–Trinajstić information content (AvgIpc) is 3.06. The van der Waals surface area contributed by atoms with Crippen molar-refractivity contribution in [3.63, 3.8) is 0 Å². The smallest absolute Gasteiger partial charge is 0.134 e. The van der Waals surface area contributed by atoms with Crippen molar-refractivity contribution in [2.24, 2.45) is 5.73 Å². The number of aryl methyl sites for hydroxylation is 1. The predicted octanol–water partition coefficient (Wildman–Crippen LogP) is 3.47. The molecular formula is C17H20N2O2. The van der Waals surface area contributed by atoms with Gasteiger partial charge in [-0.2, -0.15) is 0 Å². The van der Waals surface area contributed by atoms with E-state index in [1.165, 1.54) is 5.56 Å². The van der Waals surface area contributed by atoms with Crippen LogP contribution in [0.4, 0.5) is 0 Å². The molecule has 0 amide bonds. The van der Waals surface area contributed by atoms with Gasteiger partial charge in [-0.15, -0.1) is 0 Å². The Labute approximate surface area is 124 Å². The van der Waals surface area contributed by atoms with Crippen molar-refractivity contribution in [2.75, 3.05) is 13.6 Å². The van der Waals surface area contributed by atoms with Gasteiger partial charge in [-0.05, 0) is 32.2 Å². The molecule has 4 heteroatoms. The molecule has 3 aromatic rings. The molecule has 0 saturated carbocycles. The molecule has 0 spiro atoms. The largest absolute Gasteiger partial charge is 0.469 e. The summed E-state index contributed by atoms with van der Waals surface area (Å²) in [6.07, 6.45) is 1.72. The average molecular weight is 284 g/mol. The van der Waals surface area contributed by atoms with Crippen LogP contribution in [0, 0.1) is 6.92 Å². The molecule has 0 radical (unpaired) electrons. The first-order valence-electron chi connectivity index (χ1n) is 7.11. The molecule has 0 saturated heterocycles. The molecule has 21 heavy (non-hydrogen) atoms. The highest BCUT2D eigenvalue weighted by Gasteiger charge is 2.20. The first-order chi connectivity index (χ1) is 10.2. The molecule has 0 aliphatic carbocycles. The van der Waals surface area contributed by atoms with Crippen LogP contribution in [0.1, 0.15) is 23.1 Å². The fourth-order valence-corrected chi connectivity index (χ4v) is 2.63. The van der Waals surface area contributed by atoms with Gasteiger partial charge in [0.1, 0.15) is 17.1 Å². The summed E-state index contributed by atoms with van der Waals surface area (Å²) in [5.41, 5.74) is 8.04. The number of rotatable bonds is 5. The number of fused-ring (bicyclic) bond motifs is 1. The quantitative estimate of drug-likeness (QED) is 0.779. The second kappa shape index (κ2) is 5.76. The number of benzene rings is 1. The molecule has 2 N–H and O–H groups in total. The van der Waals surface area contributed by atoms with Gasteiger partial charge in [0, 0.05) is 24.0 Å². The topological polar surface area (TPSA) is 55.5 Å². The zero-order valence-electron chi connectivity index (χ0n) is 12.4. The van der Waals surface area contributed by atoms with Crippen molar-refractivity contribution in [3.8, 4) is 0 Å². The van der Waals surface area contributed by atoms with Gasteiger partial charge in [0.15, 0.2) is 0 Å². The van der Waals surface area contributed by atoms with E-state index in [-0.39, 0.29) is 6.04 Å². The molecule has 4 nitrogen and oxygen atoms in total. The van der Waals surface area contributed by atoms with Crippen LogP contribution >= 0.6 is 0 Å². The lowest BCUT2D eigenvalue weighted by atomic mass is 10.1. The highest BCUT2D eigenvalue weighted by atomic mass is 16.3. The van der Waals surface area contributed by atoms with Crippen LogP contribution in [0.25, 0.3) is 11.0 Å². The van der Waals surface area contributed by atoms with E-state index in [1.807, 2.05) is 31.2 Å². The maximum Gasteiger partial charge on any atom is 0.134 e. The summed E-state index contributed by atoms with van der Waals surface area (Å²) >= 11 is 0. The Morgan fingerprint density at radius 1 is 1.24 bits per heavy atom. The first-order valence-corrected chi connectivity index (χ1v) is 7.11. The second-order valence-corrected chi connectivity index (χ2v) is 5.36. The Morgan fingerprint density at radius 3 is 2.71 bits per heavy atom. The number of furan rings is 2. The fraction of sp³-hybridized carbons (Fsp3) is 0.294. The number of nitrogens with two attached hydrogens (primary N) is 1. The summed E-state index contributed by atoms with van der Waals surface area (Å²) in [5.74, 6) is 1.85. The summed E-state index contributed by atoms with van der Waals surface area (Å²) in [6, 6.07) is 12.1. The monoisotopic (exact) mass is 284 g/mol. The molecule has 3 rings (SSSR count). The van der Waals surface area contributed by atoms with Crippen LogP contribution in [0.5, 0.6) is 0 Å². The lowest BCUT2D eigenvalue weighted by Gasteiger charge is -2.24. The van der Waals surface area contributed by atoms with E-state index in [0.717, 1.165) is 29.0 Å². The third-order valence-corrected chi connectivity index (χ3v) is 3.91. The number of para-hydroxylation sites is 1. The lowest BCUT2D eigenvalue weighted by Crippen LogP contribution is -2.29. The standard InChI is InChI=1S/C17H20N2O2/c1-12-14(7-8-20-12)11-19(2)15(10-18)17-9-13-5-3-4-6-16(13)21-17/h3-9,15H,10-11,18H2,1-2H3. The van der Waals surface area contributed by atoms with E-state index in [1.54, 1.807) is 6.26 Å². The second-order valence-electron chi connectivity index (χ2n) is 5.36. The van der Waals surface area contributed by atoms with Gasteiger partial charge in [-0.25, -0.2) is 0 Å². The van der Waals surface area contributed by atoms with Gasteiger partial charge in [0.25, 0.3) is 0 Å². The molecule has 2 aromatic heterocycles. The van der Waals surface area contributed by atoms with Crippen LogP contribution in [-0.4, -0.2) is 18.5 Å². The van der Waals surface area contributed by atoms with Gasteiger partial charge < -0.3 is 14.6 Å². The summed E-state index contributed by atoms with van der Waals surface area (Å²) in [7, 11) is 2.05. The molecule has 0 fully saturated rings. The van der Waals surface area contributed by atoms with Crippen molar-refractivity contribution in [1.82, 2.24) is 4.90 Å². The summed E-state index contributed by atoms with van der Waals surface area (Å²) < 4.78 is 11.3. The predicted molar refractivity (Wildman–Crippen MR) is 82.9 cm³/mol. The maximum atomic E-state index is 5.97. The number of nitrogens with zero attached hydrogens (tertiary/aromatic N) is 1. The van der Waals surface area contributed by atoms with Gasteiger partial charge in [-0.1, -0.05) is 18.2 Å². The molecular weight excluding hydrogens is 264 g/mol. The maximum absolute atomic E-state index is 5.97. The van der Waals surface area contributed by atoms with Gasteiger partial charge in [-0.3, -0.25) is 4.90 Å². The molecule has 0 aliphatic heterocycles. The molecule has 1 unspecified atom stereocenters. The van der Waals surface area contributed by atoms with Gasteiger partial charge >= 0.3 is 0 Å². The summed E-state index contributed by atoms with van der Waals surface area (Å²) in [5, 5.41) is 1.11. The molecule has 2 heterocycles. The minimum Gasteiger partial charge on any atom is -0.469 e. The third-order valence-electron chi connectivity index (χ3n) is 3.91. The van der Waals surface area contributed by atoms with Gasteiger partial charge in [0.2, 0.25) is 0 Å². The van der Waals surface area contributed by atoms with Crippen LogP contribution in [0.2, 0.25) is 0 Å². The Balaban J connectivity index is 1.85. The Morgan fingerprint density at radius 2 is 2.05 bits per heavy atom. The van der Waals surface area contributed by atoms with E-state index in [4.69, 9.17) is 14.6 Å². The van der Waals surface area contributed by atoms with Crippen molar-refractivity contribution >= 4 is 11.0 Å². The van der Waals surface area contributed by atoms with Crippen LogP contribution in [0.15, 0.2) is 51.5 Å². The number of likely N-dealkylation sites (N-methyl/N-ethyl adjacent to an activating group) is 1. The molecule has 0 aliphatic rings. The van der Waals surface area contributed by atoms with E-state index < -0.39 is 0 Å². The summed E-state index contributed by atoms with van der Waals surface area (Å²) in [4.78, 5) is 2.19. The SMILES string of the molecule is Cc1occc1CN(C)C(CN)c1cc2ccccc2o1. The van der Waals surface area contributed by atoms with E-state index >= 15 is 0 Å². The number of hydrogen-bond donors (Lipinski definition) is 1. The van der Waals surface area contributed by atoms with E-state index in [9.17, 15) is 0 Å². The zero-order chi connectivity index (χ0) is 14.8. The van der Waals surface area contributed by atoms with Crippen LogP contribution < -0.4 is 5.73 Å². The highest BCUT2D eigenvalue weighted by molar-refractivity contribution is 5.77. The Bertz CT molecular complexity index is 696. The minimum atomic E-state index is 0.0479. The molecule has 0 bridgehead atoms. The normalized spacial score (nSPS) is 13.1. The van der Waals surface area contributed by atoms with Crippen molar-refractivity contribution in [3.05, 3.63) is 59.7 Å². The molecule has 1 atom stereocenters. The third kappa shape index (κ3) is 2.73. The van der Waals surface area contributed by atoms with Crippen LogP contribution in [-0.2, 0) is 6.54 Å².